The van der Waals surface area contributed by atoms with Gasteiger partial charge in [-0.1, -0.05) is 15.9 Å². The first-order valence-electron chi connectivity index (χ1n) is 2.94. The fraction of sp³-hybridized carbons (Fsp3) is 0.800. The third-order valence-electron chi connectivity index (χ3n) is 0.973. The Morgan fingerprint density at radius 1 is 1.73 bits per heavy atom. The first kappa shape index (κ1) is 10.9. The van der Waals surface area contributed by atoms with Crippen LogP contribution < -0.4 is 4.72 Å². The zero-order chi connectivity index (χ0) is 8.91. The van der Waals surface area contributed by atoms with E-state index in [2.05, 4.69) is 20.7 Å². The summed E-state index contributed by atoms with van der Waals surface area (Å²) < 4.78 is 23.6. The van der Waals surface area contributed by atoms with Gasteiger partial charge in [-0.2, -0.15) is 5.26 Å². The van der Waals surface area contributed by atoms with Crippen molar-refractivity contribution in [3.63, 3.8) is 0 Å². The van der Waals surface area contributed by atoms with Crippen molar-refractivity contribution in [1.29, 1.82) is 5.26 Å². The number of nitrogens with zero attached hydrogens (tertiary/aromatic N) is 1. The smallest absolute Gasteiger partial charge is 0.213 e. The first-order valence-corrected chi connectivity index (χ1v) is 5.72. The molecule has 1 atom stereocenters. The molecule has 0 spiro atoms. The average Bonchev–Trinajstić information content (AvgIpc) is 2.00. The van der Waals surface area contributed by atoms with Crippen molar-refractivity contribution in [2.75, 3.05) is 11.2 Å². The van der Waals surface area contributed by atoms with E-state index in [1.807, 2.05) is 6.07 Å². The Balaban J connectivity index is 3.83. The number of halogens is 1. The largest absolute Gasteiger partial charge is 0.221 e. The van der Waals surface area contributed by atoms with Crippen LogP contribution in [-0.4, -0.2) is 19.6 Å². The summed E-state index contributed by atoms with van der Waals surface area (Å²) in [7, 11) is -3.21. The molecule has 0 aromatic rings. The molecule has 0 saturated heterocycles. The molecule has 0 aromatic carbocycles. The minimum Gasteiger partial charge on any atom is -0.213 e. The first-order chi connectivity index (χ1) is 5.02. The molecule has 11 heavy (non-hydrogen) atoms. The highest BCUT2D eigenvalue weighted by molar-refractivity contribution is 9.10. The standard InChI is InChI=1S/C5H9BrN2O2S/c1-5(2-7)3-8-11(9,10)4-6/h5,8H,3-4H2,1H3. The van der Waals surface area contributed by atoms with Crippen LogP contribution in [0.3, 0.4) is 0 Å². The van der Waals surface area contributed by atoms with Crippen LogP contribution in [0.1, 0.15) is 6.92 Å². The highest BCUT2D eigenvalue weighted by atomic mass is 79.9. The van der Waals surface area contributed by atoms with Gasteiger partial charge in [0.15, 0.2) is 0 Å². The summed E-state index contributed by atoms with van der Waals surface area (Å²) in [6, 6.07) is 1.92. The molecule has 6 heteroatoms. The molecule has 0 fully saturated rings. The van der Waals surface area contributed by atoms with Crippen LogP contribution in [0.2, 0.25) is 0 Å². The van der Waals surface area contributed by atoms with E-state index in [0.717, 1.165) is 0 Å². The van der Waals surface area contributed by atoms with Gasteiger partial charge in [0.1, 0.15) is 4.66 Å². The molecule has 1 N–H and O–H groups in total. The van der Waals surface area contributed by atoms with E-state index in [4.69, 9.17) is 5.26 Å². The Morgan fingerprint density at radius 2 is 2.27 bits per heavy atom. The van der Waals surface area contributed by atoms with Gasteiger partial charge in [-0.3, -0.25) is 0 Å². The molecule has 64 valence electrons. The normalized spacial score (nSPS) is 13.9. The lowest BCUT2D eigenvalue weighted by Gasteiger charge is -2.03. The Kier molecular flexibility index (Phi) is 4.65. The lowest BCUT2D eigenvalue weighted by atomic mass is 10.2. The zero-order valence-corrected chi connectivity index (χ0v) is 8.44. The molecule has 0 aromatic heterocycles. The van der Waals surface area contributed by atoms with Crippen LogP contribution in [0.5, 0.6) is 0 Å². The van der Waals surface area contributed by atoms with Crippen molar-refractivity contribution >= 4 is 26.0 Å². The molecule has 4 nitrogen and oxygen atoms in total. The van der Waals surface area contributed by atoms with Crippen molar-refractivity contribution in [1.82, 2.24) is 4.72 Å². The molecular formula is C5H9BrN2O2S. The van der Waals surface area contributed by atoms with Crippen molar-refractivity contribution < 1.29 is 8.42 Å². The summed E-state index contributed by atoms with van der Waals surface area (Å²) in [5.74, 6) is -0.288. The van der Waals surface area contributed by atoms with E-state index in [1.165, 1.54) is 0 Å². The van der Waals surface area contributed by atoms with Crippen LogP contribution in [0, 0.1) is 17.2 Å². The van der Waals surface area contributed by atoms with Gasteiger partial charge in [0.2, 0.25) is 10.0 Å². The third kappa shape index (κ3) is 5.18. The van der Waals surface area contributed by atoms with Crippen LogP contribution in [-0.2, 0) is 10.0 Å². The summed E-state index contributed by atoms with van der Waals surface area (Å²) in [6.07, 6.45) is 0. The fourth-order valence-electron chi connectivity index (χ4n) is 0.336. The summed E-state index contributed by atoms with van der Waals surface area (Å²) in [5.41, 5.74) is 0. The van der Waals surface area contributed by atoms with Gasteiger partial charge in [0.05, 0.1) is 12.0 Å². The summed E-state index contributed by atoms with van der Waals surface area (Å²) >= 11 is 2.81. The molecule has 1 unspecified atom stereocenters. The number of hydrogen-bond donors (Lipinski definition) is 1. The topological polar surface area (TPSA) is 70.0 Å². The highest BCUT2D eigenvalue weighted by Gasteiger charge is 2.08. The van der Waals surface area contributed by atoms with Crippen LogP contribution >= 0.6 is 15.9 Å². The second-order valence-corrected chi connectivity index (χ2v) is 5.21. The maximum Gasteiger partial charge on any atom is 0.221 e. The van der Waals surface area contributed by atoms with E-state index in [1.54, 1.807) is 6.92 Å². The lowest BCUT2D eigenvalue weighted by Crippen LogP contribution is -2.28. The molecule has 0 radical (unpaired) electrons. The van der Waals surface area contributed by atoms with Crippen molar-refractivity contribution in [2.45, 2.75) is 6.92 Å². The Bertz CT molecular complexity index is 244. The van der Waals surface area contributed by atoms with Gasteiger partial charge in [-0.05, 0) is 6.92 Å². The number of alkyl halides is 1. The van der Waals surface area contributed by atoms with Gasteiger partial charge in [-0.25, -0.2) is 13.1 Å². The number of sulfonamides is 1. The minimum absolute atomic E-state index is 0.127. The van der Waals surface area contributed by atoms with Gasteiger partial charge < -0.3 is 0 Å². The van der Waals surface area contributed by atoms with Crippen LogP contribution in [0.15, 0.2) is 0 Å². The number of nitrogens with one attached hydrogen (secondary N) is 1. The minimum atomic E-state index is -3.21. The lowest BCUT2D eigenvalue weighted by molar-refractivity contribution is 0.578. The molecule has 0 rings (SSSR count). The number of rotatable bonds is 4. The van der Waals surface area contributed by atoms with E-state index >= 15 is 0 Å². The Labute approximate surface area is 74.8 Å². The molecule has 0 saturated carbocycles. The molecule has 0 aliphatic heterocycles. The third-order valence-corrected chi connectivity index (χ3v) is 3.68. The second-order valence-electron chi connectivity index (χ2n) is 2.10. The maximum absolute atomic E-state index is 10.8. The van der Waals surface area contributed by atoms with Gasteiger partial charge in [0, 0.05) is 6.54 Å². The molecular weight excluding hydrogens is 232 g/mol. The van der Waals surface area contributed by atoms with Gasteiger partial charge in [0.25, 0.3) is 0 Å². The van der Waals surface area contributed by atoms with Crippen LogP contribution in [0.4, 0.5) is 0 Å². The van der Waals surface area contributed by atoms with E-state index in [-0.39, 0.29) is 17.1 Å². The van der Waals surface area contributed by atoms with E-state index in [0.29, 0.717) is 0 Å². The molecule has 0 bridgehead atoms. The molecule has 0 amide bonds. The second kappa shape index (κ2) is 4.70. The predicted molar refractivity (Wildman–Crippen MR) is 45.5 cm³/mol. The van der Waals surface area contributed by atoms with Crippen molar-refractivity contribution in [3.05, 3.63) is 0 Å². The maximum atomic E-state index is 10.8. The Morgan fingerprint density at radius 3 is 2.64 bits per heavy atom. The van der Waals surface area contributed by atoms with E-state index in [9.17, 15) is 8.42 Å². The van der Waals surface area contributed by atoms with Crippen molar-refractivity contribution in [2.24, 2.45) is 5.92 Å². The molecule has 0 heterocycles. The average molecular weight is 241 g/mol. The quantitative estimate of drug-likeness (QED) is 0.725. The van der Waals surface area contributed by atoms with Gasteiger partial charge >= 0.3 is 0 Å². The predicted octanol–water partition coefficient (Wildman–Crippen LogP) is 0.418. The van der Waals surface area contributed by atoms with E-state index < -0.39 is 10.0 Å². The van der Waals surface area contributed by atoms with Crippen LogP contribution in [0.25, 0.3) is 0 Å². The highest BCUT2D eigenvalue weighted by Crippen LogP contribution is 1.94. The van der Waals surface area contributed by atoms with Gasteiger partial charge in [-0.15, -0.1) is 0 Å². The fourth-order valence-corrected chi connectivity index (χ4v) is 1.40. The molecule has 0 aliphatic rings. The number of hydrogen-bond acceptors (Lipinski definition) is 3. The number of nitriles is 1. The zero-order valence-electron chi connectivity index (χ0n) is 6.04. The summed E-state index contributed by atoms with van der Waals surface area (Å²) in [6.45, 7) is 1.82. The SMILES string of the molecule is CC(C#N)CNS(=O)(=O)CBr. The summed E-state index contributed by atoms with van der Waals surface area (Å²) in [4.78, 5) is 0. The Hall–Kier alpha value is -0.120. The molecule has 0 aliphatic carbocycles. The monoisotopic (exact) mass is 240 g/mol. The van der Waals surface area contributed by atoms with Crippen molar-refractivity contribution in [3.8, 4) is 6.07 Å². The summed E-state index contributed by atoms with van der Waals surface area (Å²) in [5, 5.41) is 8.31.